The van der Waals surface area contributed by atoms with Crippen LogP contribution in [0.1, 0.15) is 26.3 Å². The number of amides is 2. The Kier molecular flexibility index (Phi) is 5.34. The van der Waals surface area contributed by atoms with Crippen LogP contribution in [0.15, 0.2) is 42.5 Å². The van der Waals surface area contributed by atoms with Gasteiger partial charge in [-0.3, -0.25) is 19.6 Å². The van der Waals surface area contributed by atoms with Gasteiger partial charge >= 0.3 is 0 Å². The number of carbonyl (C=O) groups is 2. The molecule has 0 heterocycles. The van der Waals surface area contributed by atoms with Crippen molar-refractivity contribution in [2.75, 3.05) is 0 Å². The molecule has 0 saturated carbocycles. The summed E-state index contributed by atoms with van der Waals surface area (Å²) in [5, 5.41) is 8.54. The third-order valence-corrected chi connectivity index (χ3v) is 2.88. The van der Waals surface area contributed by atoms with Gasteiger partial charge in [0.1, 0.15) is 0 Å². The molecule has 2 aromatic rings. The Morgan fingerprint density at radius 2 is 1.70 bits per heavy atom. The van der Waals surface area contributed by atoms with Gasteiger partial charge in [0.25, 0.3) is 11.8 Å². The van der Waals surface area contributed by atoms with Crippen molar-refractivity contribution in [1.82, 2.24) is 11.0 Å². The van der Waals surface area contributed by atoms with E-state index < -0.39 is 23.4 Å². The lowest BCUT2D eigenvalue weighted by Gasteiger charge is -2.07. The van der Waals surface area contributed by atoms with Gasteiger partial charge in [-0.25, -0.2) is 19.7 Å². The maximum absolute atomic E-state index is 13.0. The van der Waals surface area contributed by atoms with Gasteiger partial charge in [-0.05, 0) is 35.9 Å². The fourth-order valence-corrected chi connectivity index (χ4v) is 1.74. The predicted octanol–water partition coefficient (Wildman–Crippen LogP) is 1.95. The molecule has 2 rings (SSSR count). The van der Waals surface area contributed by atoms with E-state index in [4.69, 9.17) is 10.0 Å². The Balaban J connectivity index is 1.94. The van der Waals surface area contributed by atoms with Crippen LogP contribution in [0.25, 0.3) is 0 Å². The summed E-state index contributed by atoms with van der Waals surface area (Å²) < 4.78 is 25.8. The number of hydrogen-bond acceptors (Lipinski definition) is 4. The minimum atomic E-state index is -1.01. The monoisotopic (exact) mass is 322 g/mol. The molecule has 0 saturated heterocycles. The first-order chi connectivity index (χ1) is 11.0. The van der Waals surface area contributed by atoms with E-state index in [2.05, 4.69) is 5.48 Å². The van der Waals surface area contributed by atoms with E-state index in [1.807, 2.05) is 0 Å². The number of carbonyl (C=O) groups excluding carboxylic acids is 2. The zero-order valence-corrected chi connectivity index (χ0v) is 11.7. The first kappa shape index (κ1) is 16.5. The molecule has 0 aromatic heterocycles. The van der Waals surface area contributed by atoms with Gasteiger partial charge in [0.2, 0.25) is 0 Å². The molecule has 0 spiro atoms. The molecule has 0 aliphatic carbocycles. The molecule has 0 atom stereocenters. The first-order valence-electron chi connectivity index (χ1n) is 6.42. The average molecular weight is 322 g/mol. The van der Waals surface area contributed by atoms with Crippen LogP contribution in [0, 0.1) is 11.6 Å². The second-order valence-corrected chi connectivity index (χ2v) is 4.49. The van der Waals surface area contributed by atoms with E-state index in [0.29, 0.717) is 5.56 Å². The summed E-state index contributed by atoms with van der Waals surface area (Å²) in [7, 11) is 0. The van der Waals surface area contributed by atoms with Crippen LogP contribution in [-0.4, -0.2) is 17.0 Å². The topological polar surface area (TPSA) is 87.7 Å². The third kappa shape index (κ3) is 4.31. The molecule has 2 aromatic carbocycles. The summed E-state index contributed by atoms with van der Waals surface area (Å²) in [6.45, 7) is -0.167. The summed E-state index contributed by atoms with van der Waals surface area (Å²) in [5.74, 6) is -3.39. The van der Waals surface area contributed by atoms with E-state index in [0.717, 1.165) is 12.1 Å². The van der Waals surface area contributed by atoms with Gasteiger partial charge in [-0.15, -0.1) is 0 Å². The lowest BCUT2D eigenvalue weighted by molar-refractivity contribution is 0.0232. The van der Waals surface area contributed by atoms with Crippen LogP contribution in [0.5, 0.6) is 0 Å². The fourth-order valence-electron chi connectivity index (χ4n) is 1.74. The molecule has 23 heavy (non-hydrogen) atoms. The lowest BCUT2D eigenvalue weighted by atomic mass is 10.1. The van der Waals surface area contributed by atoms with Gasteiger partial charge in [0.05, 0.1) is 6.61 Å². The number of hydroxylamine groups is 2. The molecule has 6 nitrogen and oxygen atoms in total. The molecule has 0 aliphatic heterocycles. The van der Waals surface area contributed by atoms with Gasteiger partial charge in [0, 0.05) is 11.1 Å². The SMILES string of the molecule is O=C(NO)c1cccc(C(=O)NOCc2ccc(F)c(F)c2)c1. The molecule has 0 unspecified atom stereocenters. The van der Waals surface area contributed by atoms with E-state index in [1.54, 1.807) is 0 Å². The molecular weight excluding hydrogens is 310 g/mol. The first-order valence-corrected chi connectivity index (χ1v) is 6.42. The van der Waals surface area contributed by atoms with Gasteiger partial charge in [0.15, 0.2) is 11.6 Å². The number of rotatable bonds is 5. The number of hydrogen-bond donors (Lipinski definition) is 3. The van der Waals surface area contributed by atoms with E-state index >= 15 is 0 Å². The van der Waals surface area contributed by atoms with Crippen molar-refractivity contribution < 1.29 is 28.4 Å². The summed E-state index contributed by atoms with van der Waals surface area (Å²) in [4.78, 5) is 28.0. The molecule has 120 valence electrons. The summed E-state index contributed by atoms with van der Waals surface area (Å²) in [5.41, 5.74) is 4.11. The predicted molar refractivity (Wildman–Crippen MR) is 74.3 cm³/mol. The molecule has 0 fully saturated rings. The fraction of sp³-hybridized carbons (Fsp3) is 0.0667. The molecular formula is C15H12F2N2O4. The Morgan fingerprint density at radius 3 is 2.35 bits per heavy atom. The van der Waals surface area contributed by atoms with Crippen molar-refractivity contribution in [3.8, 4) is 0 Å². The van der Waals surface area contributed by atoms with Crippen molar-refractivity contribution in [3.05, 3.63) is 70.8 Å². The van der Waals surface area contributed by atoms with E-state index in [9.17, 15) is 18.4 Å². The van der Waals surface area contributed by atoms with Gasteiger partial charge in [-0.2, -0.15) is 0 Å². The van der Waals surface area contributed by atoms with Crippen molar-refractivity contribution in [1.29, 1.82) is 0 Å². The van der Waals surface area contributed by atoms with Crippen molar-refractivity contribution >= 4 is 11.8 Å². The molecule has 0 radical (unpaired) electrons. The van der Waals surface area contributed by atoms with Crippen LogP contribution in [0.2, 0.25) is 0 Å². The summed E-state index contributed by atoms with van der Waals surface area (Å²) in [6, 6.07) is 8.77. The minimum Gasteiger partial charge on any atom is -0.288 e. The van der Waals surface area contributed by atoms with Crippen molar-refractivity contribution in [2.45, 2.75) is 6.61 Å². The second kappa shape index (κ2) is 7.43. The second-order valence-electron chi connectivity index (χ2n) is 4.49. The maximum atomic E-state index is 13.0. The lowest BCUT2D eigenvalue weighted by Crippen LogP contribution is -2.24. The average Bonchev–Trinajstić information content (AvgIpc) is 2.57. The molecule has 8 heteroatoms. The van der Waals surface area contributed by atoms with E-state index in [-0.39, 0.29) is 17.7 Å². The highest BCUT2D eigenvalue weighted by Gasteiger charge is 2.10. The van der Waals surface area contributed by atoms with Gasteiger partial charge in [-0.1, -0.05) is 12.1 Å². The van der Waals surface area contributed by atoms with Crippen LogP contribution >= 0.6 is 0 Å². The van der Waals surface area contributed by atoms with Crippen LogP contribution in [0.3, 0.4) is 0 Å². The Bertz CT molecular complexity index is 737. The zero-order chi connectivity index (χ0) is 16.8. The quantitative estimate of drug-likeness (QED) is 0.580. The normalized spacial score (nSPS) is 10.2. The standard InChI is InChI=1S/C15H12F2N2O4/c16-12-5-4-9(6-13(12)17)8-23-19-15(21)11-3-1-2-10(7-11)14(20)18-22/h1-7,22H,8H2,(H,18,20)(H,19,21). The molecule has 3 N–H and O–H groups in total. The zero-order valence-electron chi connectivity index (χ0n) is 11.7. The maximum Gasteiger partial charge on any atom is 0.274 e. The number of benzene rings is 2. The van der Waals surface area contributed by atoms with Crippen LogP contribution in [-0.2, 0) is 11.4 Å². The summed E-state index contributed by atoms with van der Waals surface area (Å²) >= 11 is 0. The number of nitrogens with one attached hydrogen (secondary N) is 2. The van der Waals surface area contributed by atoms with Crippen molar-refractivity contribution in [3.63, 3.8) is 0 Å². The highest BCUT2D eigenvalue weighted by molar-refractivity contribution is 5.98. The third-order valence-electron chi connectivity index (χ3n) is 2.88. The largest absolute Gasteiger partial charge is 0.288 e. The van der Waals surface area contributed by atoms with Gasteiger partial charge < -0.3 is 0 Å². The van der Waals surface area contributed by atoms with E-state index in [1.165, 1.54) is 35.8 Å². The number of halogens is 2. The Hall–Kier alpha value is -2.84. The van der Waals surface area contributed by atoms with Crippen LogP contribution in [0.4, 0.5) is 8.78 Å². The minimum absolute atomic E-state index is 0.0840. The Morgan fingerprint density at radius 1 is 1.00 bits per heavy atom. The van der Waals surface area contributed by atoms with Crippen molar-refractivity contribution in [2.24, 2.45) is 0 Å². The summed E-state index contributed by atoms with van der Waals surface area (Å²) in [6.07, 6.45) is 0. The highest BCUT2D eigenvalue weighted by atomic mass is 19.2. The molecule has 0 aliphatic rings. The van der Waals surface area contributed by atoms with Crippen LogP contribution < -0.4 is 11.0 Å². The Labute approximate surface area is 129 Å². The molecule has 0 bridgehead atoms. The smallest absolute Gasteiger partial charge is 0.274 e. The highest BCUT2D eigenvalue weighted by Crippen LogP contribution is 2.09. The molecule has 2 amide bonds.